The molecule has 1 aromatic carbocycles. The third-order valence-corrected chi connectivity index (χ3v) is 4.59. The van der Waals surface area contributed by atoms with E-state index in [9.17, 15) is 23.3 Å². The van der Waals surface area contributed by atoms with Crippen molar-refractivity contribution in [3.8, 4) is 0 Å². The van der Waals surface area contributed by atoms with Crippen LogP contribution < -0.4 is 10.0 Å². The van der Waals surface area contributed by atoms with Gasteiger partial charge in [-0.25, -0.2) is 13.1 Å². The van der Waals surface area contributed by atoms with Crippen LogP contribution in [0, 0.1) is 10.1 Å². The molecule has 0 heterocycles. The summed E-state index contributed by atoms with van der Waals surface area (Å²) >= 11 is 0. The minimum Gasteiger partial charge on any atom is -0.344 e. The van der Waals surface area contributed by atoms with Crippen molar-refractivity contribution in [3.63, 3.8) is 0 Å². The molecule has 0 bridgehead atoms. The highest BCUT2D eigenvalue weighted by Crippen LogP contribution is 2.15. The minimum atomic E-state index is -3.80. The molecule has 9 nitrogen and oxygen atoms in total. The lowest BCUT2D eigenvalue weighted by molar-refractivity contribution is -0.384. The number of hydrogen-bond donors (Lipinski definition) is 2. The van der Waals surface area contributed by atoms with Crippen molar-refractivity contribution >= 4 is 21.6 Å². The molecule has 128 valence electrons. The van der Waals surface area contributed by atoms with Crippen molar-refractivity contribution < 1.29 is 18.1 Å². The lowest BCUT2D eigenvalue weighted by Crippen LogP contribution is -2.35. The maximum absolute atomic E-state index is 12.0. The lowest BCUT2D eigenvalue weighted by atomic mass is 10.3. The van der Waals surface area contributed by atoms with Gasteiger partial charge in [0.15, 0.2) is 0 Å². The van der Waals surface area contributed by atoms with Gasteiger partial charge in [-0.3, -0.25) is 14.9 Å². The van der Waals surface area contributed by atoms with Crippen LogP contribution in [-0.2, 0) is 14.8 Å². The van der Waals surface area contributed by atoms with E-state index in [0.29, 0.717) is 13.1 Å². The summed E-state index contributed by atoms with van der Waals surface area (Å²) in [7, 11) is -0.379. The van der Waals surface area contributed by atoms with E-state index < -0.39 is 14.9 Å². The molecule has 0 atom stereocenters. The average molecular weight is 344 g/mol. The Morgan fingerprint density at radius 3 is 2.39 bits per heavy atom. The van der Waals surface area contributed by atoms with Gasteiger partial charge in [-0.15, -0.1) is 0 Å². The molecule has 0 fully saturated rings. The van der Waals surface area contributed by atoms with E-state index in [1.165, 1.54) is 4.90 Å². The number of carbonyl (C=O) groups is 1. The molecule has 0 aliphatic rings. The van der Waals surface area contributed by atoms with Gasteiger partial charge in [0.05, 0.1) is 9.82 Å². The van der Waals surface area contributed by atoms with Gasteiger partial charge in [-0.2, -0.15) is 0 Å². The van der Waals surface area contributed by atoms with Gasteiger partial charge in [0.25, 0.3) is 5.69 Å². The summed E-state index contributed by atoms with van der Waals surface area (Å²) in [6.07, 6.45) is 0.0342. The molecule has 1 rings (SSSR count). The Hall–Kier alpha value is -2.04. The minimum absolute atomic E-state index is 0.0342. The summed E-state index contributed by atoms with van der Waals surface area (Å²) in [5, 5.41) is 13.5. The molecule has 23 heavy (non-hydrogen) atoms. The summed E-state index contributed by atoms with van der Waals surface area (Å²) < 4.78 is 26.3. The monoisotopic (exact) mass is 344 g/mol. The molecule has 0 radical (unpaired) electrons. The highest BCUT2D eigenvalue weighted by molar-refractivity contribution is 7.89. The van der Waals surface area contributed by atoms with Crippen LogP contribution in [0.2, 0.25) is 0 Å². The molecule has 0 saturated heterocycles. The maximum atomic E-state index is 12.0. The van der Waals surface area contributed by atoms with Crippen LogP contribution in [0.4, 0.5) is 5.69 Å². The SMILES string of the molecule is CNCCN(C)C(=O)CCNS(=O)(=O)c1ccc([N+](=O)[O-])cc1. The van der Waals surface area contributed by atoms with Crippen LogP contribution in [0.5, 0.6) is 0 Å². The number of carbonyl (C=O) groups excluding carboxylic acids is 1. The molecule has 0 unspecified atom stereocenters. The topological polar surface area (TPSA) is 122 Å². The Bertz CT molecular complexity index is 645. The second-order valence-electron chi connectivity index (χ2n) is 4.82. The van der Waals surface area contributed by atoms with Crippen LogP contribution in [0.3, 0.4) is 0 Å². The van der Waals surface area contributed by atoms with E-state index in [1.807, 2.05) is 0 Å². The van der Waals surface area contributed by atoms with Gasteiger partial charge in [-0.1, -0.05) is 0 Å². The van der Waals surface area contributed by atoms with Crippen LogP contribution in [0.15, 0.2) is 29.2 Å². The number of rotatable bonds is 9. The second kappa shape index (κ2) is 8.56. The van der Waals surface area contributed by atoms with E-state index in [0.717, 1.165) is 24.3 Å². The van der Waals surface area contributed by atoms with Crippen molar-refractivity contribution in [2.45, 2.75) is 11.3 Å². The van der Waals surface area contributed by atoms with Crippen LogP contribution in [0.25, 0.3) is 0 Å². The van der Waals surface area contributed by atoms with Crippen LogP contribution >= 0.6 is 0 Å². The summed E-state index contributed by atoms with van der Waals surface area (Å²) in [5.74, 6) is -0.174. The molecule has 2 N–H and O–H groups in total. The van der Waals surface area contributed by atoms with Gasteiger partial charge in [0, 0.05) is 45.2 Å². The Morgan fingerprint density at radius 1 is 1.26 bits per heavy atom. The van der Waals surface area contributed by atoms with Gasteiger partial charge in [0.1, 0.15) is 0 Å². The van der Waals surface area contributed by atoms with Gasteiger partial charge < -0.3 is 10.2 Å². The molecule has 0 saturated carbocycles. The van der Waals surface area contributed by atoms with E-state index in [4.69, 9.17) is 0 Å². The van der Waals surface area contributed by atoms with Crippen molar-refractivity contribution in [3.05, 3.63) is 34.4 Å². The third kappa shape index (κ3) is 5.93. The first-order chi connectivity index (χ1) is 10.8. The molecule has 0 aliphatic heterocycles. The molecule has 10 heteroatoms. The van der Waals surface area contributed by atoms with Crippen LogP contribution in [-0.4, -0.2) is 57.9 Å². The number of sulfonamides is 1. The van der Waals surface area contributed by atoms with E-state index in [1.54, 1.807) is 14.1 Å². The fourth-order valence-electron chi connectivity index (χ4n) is 1.72. The number of nitro benzene ring substituents is 1. The van der Waals surface area contributed by atoms with Gasteiger partial charge in [-0.05, 0) is 19.2 Å². The maximum Gasteiger partial charge on any atom is 0.269 e. The summed E-state index contributed by atoms with van der Waals surface area (Å²) in [6, 6.07) is 4.54. The predicted octanol–water partition coefficient (Wildman–Crippen LogP) is -0.0590. The largest absolute Gasteiger partial charge is 0.344 e. The van der Waals surface area contributed by atoms with E-state index >= 15 is 0 Å². The molecule has 0 aliphatic carbocycles. The Balaban J connectivity index is 2.55. The zero-order valence-electron chi connectivity index (χ0n) is 13.0. The van der Waals surface area contributed by atoms with Crippen LogP contribution in [0.1, 0.15) is 6.42 Å². The number of likely N-dealkylation sites (N-methyl/N-ethyl adjacent to an activating group) is 2. The first-order valence-electron chi connectivity index (χ1n) is 6.90. The Morgan fingerprint density at radius 2 is 1.87 bits per heavy atom. The molecular formula is C13H20N4O5S. The van der Waals surface area contributed by atoms with Crippen molar-refractivity contribution in [2.24, 2.45) is 0 Å². The lowest BCUT2D eigenvalue weighted by Gasteiger charge is -2.16. The Kier molecular flexibility index (Phi) is 7.07. The van der Waals surface area contributed by atoms with Gasteiger partial charge in [0.2, 0.25) is 15.9 Å². The Labute approximate surface area is 134 Å². The molecule has 1 aromatic rings. The fraction of sp³-hybridized carbons (Fsp3) is 0.462. The fourth-order valence-corrected chi connectivity index (χ4v) is 2.75. The molecule has 0 aromatic heterocycles. The first-order valence-corrected chi connectivity index (χ1v) is 8.39. The highest BCUT2D eigenvalue weighted by Gasteiger charge is 2.16. The summed E-state index contributed by atoms with van der Waals surface area (Å²) in [5.41, 5.74) is -0.190. The van der Waals surface area contributed by atoms with Crippen molar-refractivity contribution in [1.29, 1.82) is 0 Å². The zero-order chi connectivity index (χ0) is 17.5. The summed E-state index contributed by atoms with van der Waals surface area (Å²) in [4.78, 5) is 23.1. The number of benzene rings is 1. The van der Waals surface area contributed by atoms with Crippen molar-refractivity contribution in [2.75, 3.05) is 33.7 Å². The second-order valence-corrected chi connectivity index (χ2v) is 6.58. The number of nitro groups is 1. The van der Waals surface area contributed by atoms with E-state index in [2.05, 4.69) is 10.0 Å². The first kappa shape index (κ1) is 19.0. The third-order valence-electron chi connectivity index (χ3n) is 3.11. The number of hydrogen-bond acceptors (Lipinski definition) is 6. The number of non-ortho nitro benzene ring substituents is 1. The molecule has 1 amide bonds. The summed E-state index contributed by atoms with van der Waals surface area (Å²) in [6.45, 7) is 1.14. The average Bonchev–Trinajstić information content (AvgIpc) is 2.52. The smallest absolute Gasteiger partial charge is 0.269 e. The normalized spacial score (nSPS) is 11.2. The van der Waals surface area contributed by atoms with E-state index in [-0.39, 0.29) is 29.5 Å². The predicted molar refractivity (Wildman–Crippen MR) is 84.5 cm³/mol. The number of amides is 1. The molecule has 0 spiro atoms. The molecular weight excluding hydrogens is 324 g/mol. The number of nitrogens with one attached hydrogen (secondary N) is 2. The zero-order valence-corrected chi connectivity index (χ0v) is 13.8. The van der Waals surface area contributed by atoms with Gasteiger partial charge >= 0.3 is 0 Å². The quantitative estimate of drug-likeness (QED) is 0.478. The standard InChI is InChI=1S/C13H20N4O5S/c1-14-9-10-16(2)13(18)7-8-15-23(21,22)12-5-3-11(4-6-12)17(19)20/h3-6,14-15H,7-10H2,1-2H3. The highest BCUT2D eigenvalue weighted by atomic mass is 32.2. The number of nitrogens with zero attached hydrogens (tertiary/aromatic N) is 2. The van der Waals surface area contributed by atoms with Crippen molar-refractivity contribution in [1.82, 2.24) is 14.9 Å².